The molecule has 43 heavy (non-hydrogen) atoms. The Labute approximate surface area is 262 Å². The summed E-state index contributed by atoms with van der Waals surface area (Å²) in [6, 6.07) is -2.21. The van der Waals surface area contributed by atoms with Crippen LogP contribution in [-0.4, -0.2) is 84.8 Å². The van der Waals surface area contributed by atoms with Gasteiger partial charge in [0, 0.05) is 24.9 Å². The van der Waals surface area contributed by atoms with E-state index in [2.05, 4.69) is 29.2 Å². The Bertz CT molecular complexity index is 797. The van der Waals surface area contributed by atoms with E-state index in [4.69, 9.17) is 9.47 Å². The first-order chi connectivity index (χ1) is 20.7. The van der Waals surface area contributed by atoms with Gasteiger partial charge in [-0.1, -0.05) is 78.1 Å². The maximum atomic E-state index is 12.5. The van der Waals surface area contributed by atoms with E-state index in [9.17, 15) is 29.1 Å². The number of ether oxygens (including phenoxy) is 3. The number of unbranched alkanes of at least 4 members (excludes halogenated alkanes) is 10. The second-order valence-corrected chi connectivity index (χ2v) is 11.9. The van der Waals surface area contributed by atoms with Gasteiger partial charge >= 0.3 is 17.9 Å². The van der Waals surface area contributed by atoms with E-state index in [1.54, 1.807) is 0 Å². The topological polar surface area (TPSA) is 157 Å². The molecule has 0 bridgehead atoms. The van der Waals surface area contributed by atoms with Crippen LogP contribution in [0.2, 0.25) is 0 Å². The van der Waals surface area contributed by atoms with Crippen molar-refractivity contribution < 1.29 is 43.3 Å². The lowest BCUT2D eigenvalue weighted by Crippen LogP contribution is -2.53. The molecule has 3 N–H and O–H groups in total. The monoisotopic (exact) mass is 632 g/mol. The number of carbonyl (C=O) groups is 5. The number of methoxy groups -OCH3 is 1. The summed E-state index contributed by atoms with van der Waals surface area (Å²) in [5.74, 6) is -2.12. The molecule has 0 aromatic heterocycles. The molecule has 0 aromatic rings. The molecule has 0 rings (SSSR count). The van der Waals surface area contributed by atoms with Crippen molar-refractivity contribution in [1.82, 2.24) is 10.6 Å². The summed E-state index contributed by atoms with van der Waals surface area (Å²) < 4.78 is 15.6. The number of amides is 2. The van der Waals surface area contributed by atoms with Crippen molar-refractivity contribution in [3.63, 3.8) is 0 Å². The molecular weight excluding hydrogens is 576 g/mol. The average molecular weight is 633 g/mol. The maximum Gasteiger partial charge on any atom is 0.330 e. The van der Waals surface area contributed by atoms with Gasteiger partial charge in [-0.05, 0) is 19.3 Å². The number of aliphatic hydroxyl groups is 1. The van der Waals surface area contributed by atoms with Gasteiger partial charge < -0.3 is 30.0 Å². The summed E-state index contributed by atoms with van der Waals surface area (Å²) in [5.41, 5.74) is 0. The molecule has 12 heteroatoms. The van der Waals surface area contributed by atoms with Gasteiger partial charge in [0.15, 0.2) is 6.04 Å². The highest BCUT2D eigenvalue weighted by molar-refractivity contribution is 7.99. The van der Waals surface area contributed by atoms with Crippen molar-refractivity contribution in [2.45, 2.75) is 135 Å². The molecular formula is C31H56N2O9S. The smallest absolute Gasteiger partial charge is 0.330 e. The minimum absolute atomic E-state index is 0.00575. The van der Waals surface area contributed by atoms with Gasteiger partial charge in [0.2, 0.25) is 11.8 Å². The van der Waals surface area contributed by atoms with Crippen molar-refractivity contribution in [3.05, 3.63) is 0 Å². The van der Waals surface area contributed by atoms with Gasteiger partial charge in [0.25, 0.3) is 0 Å². The number of aliphatic hydroxyl groups excluding tert-OH is 1. The Morgan fingerprint density at radius 3 is 1.98 bits per heavy atom. The van der Waals surface area contributed by atoms with E-state index in [-0.39, 0.29) is 24.7 Å². The number of thioether (sulfide) groups is 1. The highest BCUT2D eigenvalue weighted by atomic mass is 32.2. The summed E-state index contributed by atoms with van der Waals surface area (Å²) in [4.78, 5) is 60.6. The van der Waals surface area contributed by atoms with Gasteiger partial charge in [0.05, 0.1) is 20.1 Å². The first-order valence-electron chi connectivity index (χ1n) is 15.9. The predicted molar refractivity (Wildman–Crippen MR) is 167 cm³/mol. The van der Waals surface area contributed by atoms with Crippen LogP contribution in [0.1, 0.15) is 117 Å². The Balaban J connectivity index is 4.65. The Morgan fingerprint density at radius 1 is 0.791 bits per heavy atom. The fraction of sp³-hybridized carbons (Fsp3) is 0.839. The standard InChI is InChI=1S/C31H56N2O9S/c1-5-7-9-10-11-12-13-14-16-17-25(42-28(36)18-15-8-6-2)21-29(37)41-19-20-43-23-27(32-24(3)35)30(38)33-26(22-34)31(39)40-4/h25-27,34H,5-23H2,1-4H3,(H,32,35)(H,33,38). The summed E-state index contributed by atoms with van der Waals surface area (Å²) in [6.07, 6.45) is 13.7. The first-order valence-corrected chi connectivity index (χ1v) is 17.0. The molecule has 11 nitrogen and oxygen atoms in total. The highest BCUT2D eigenvalue weighted by Gasteiger charge is 2.26. The predicted octanol–water partition coefficient (Wildman–Crippen LogP) is 4.22. The van der Waals surface area contributed by atoms with Gasteiger partial charge in [0.1, 0.15) is 18.8 Å². The van der Waals surface area contributed by atoms with Crippen molar-refractivity contribution in [1.29, 1.82) is 0 Å². The molecule has 0 heterocycles. The molecule has 2 amide bonds. The highest BCUT2D eigenvalue weighted by Crippen LogP contribution is 2.16. The van der Waals surface area contributed by atoms with Crippen LogP contribution in [0.3, 0.4) is 0 Å². The minimum atomic E-state index is -1.25. The first kappa shape index (κ1) is 40.7. The summed E-state index contributed by atoms with van der Waals surface area (Å²) in [7, 11) is 1.14. The van der Waals surface area contributed by atoms with Crippen LogP contribution in [0, 0.1) is 0 Å². The zero-order valence-electron chi connectivity index (χ0n) is 26.8. The fourth-order valence-electron chi connectivity index (χ4n) is 4.33. The van der Waals surface area contributed by atoms with Crippen LogP contribution in [0.15, 0.2) is 0 Å². The van der Waals surface area contributed by atoms with Gasteiger partial charge in [-0.3, -0.25) is 19.2 Å². The third-order valence-corrected chi connectivity index (χ3v) is 7.78. The van der Waals surface area contributed by atoms with E-state index in [0.717, 1.165) is 45.6 Å². The Kier molecular flexibility index (Phi) is 25.7. The van der Waals surface area contributed by atoms with E-state index < -0.39 is 48.5 Å². The molecule has 0 spiro atoms. The Morgan fingerprint density at radius 2 is 1.40 bits per heavy atom. The van der Waals surface area contributed by atoms with Gasteiger partial charge in [-0.25, -0.2) is 4.79 Å². The number of hydrogen-bond donors (Lipinski definition) is 3. The molecule has 3 atom stereocenters. The normalized spacial score (nSPS) is 13.0. The summed E-state index contributed by atoms with van der Waals surface area (Å²) in [5, 5.41) is 14.2. The van der Waals surface area contributed by atoms with Crippen molar-refractivity contribution in [3.8, 4) is 0 Å². The number of carbonyl (C=O) groups excluding carboxylic acids is 5. The van der Waals surface area contributed by atoms with Crippen LogP contribution in [0.25, 0.3) is 0 Å². The number of rotatable bonds is 27. The van der Waals surface area contributed by atoms with Gasteiger partial charge in [-0.15, -0.1) is 0 Å². The molecule has 0 aliphatic heterocycles. The molecule has 3 unspecified atom stereocenters. The Hall–Kier alpha value is -2.34. The lowest BCUT2D eigenvalue weighted by atomic mass is 10.0. The lowest BCUT2D eigenvalue weighted by Gasteiger charge is -2.20. The quantitative estimate of drug-likeness (QED) is 0.0680. The lowest BCUT2D eigenvalue weighted by molar-refractivity contribution is -0.155. The van der Waals surface area contributed by atoms with Crippen molar-refractivity contribution in [2.24, 2.45) is 0 Å². The van der Waals surface area contributed by atoms with E-state index in [1.165, 1.54) is 57.2 Å². The molecule has 0 aliphatic carbocycles. The zero-order valence-corrected chi connectivity index (χ0v) is 27.6. The van der Waals surface area contributed by atoms with Crippen LogP contribution in [0.5, 0.6) is 0 Å². The molecule has 0 aromatic carbocycles. The molecule has 0 fully saturated rings. The van der Waals surface area contributed by atoms with E-state index >= 15 is 0 Å². The number of esters is 3. The summed E-state index contributed by atoms with van der Waals surface area (Å²) in [6.45, 7) is 4.97. The number of nitrogens with one attached hydrogen (secondary N) is 2. The molecule has 0 radical (unpaired) electrons. The van der Waals surface area contributed by atoms with Crippen LogP contribution >= 0.6 is 11.8 Å². The maximum absolute atomic E-state index is 12.5. The van der Waals surface area contributed by atoms with Crippen LogP contribution in [0.4, 0.5) is 0 Å². The second-order valence-electron chi connectivity index (χ2n) is 10.7. The fourth-order valence-corrected chi connectivity index (χ4v) is 5.17. The van der Waals surface area contributed by atoms with E-state index in [0.29, 0.717) is 18.6 Å². The molecule has 0 saturated heterocycles. The summed E-state index contributed by atoms with van der Waals surface area (Å²) >= 11 is 1.27. The van der Waals surface area contributed by atoms with Crippen LogP contribution in [-0.2, 0) is 38.2 Å². The van der Waals surface area contributed by atoms with Gasteiger partial charge in [-0.2, -0.15) is 11.8 Å². The third-order valence-electron chi connectivity index (χ3n) is 6.76. The minimum Gasteiger partial charge on any atom is -0.467 e. The molecule has 250 valence electrons. The zero-order chi connectivity index (χ0) is 32.3. The SMILES string of the molecule is CCCCCCCCCCCC(CC(=O)OCCSCC(NC(C)=O)C(=O)NC(CO)C(=O)OC)OC(=O)CCCCC. The average Bonchev–Trinajstić information content (AvgIpc) is 2.97. The molecule has 0 aliphatic rings. The molecule has 0 saturated carbocycles. The second kappa shape index (κ2) is 27.2. The van der Waals surface area contributed by atoms with Crippen molar-refractivity contribution in [2.75, 3.05) is 31.8 Å². The van der Waals surface area contributed by atoms with Crippen LogP contribution < -0.4 is 10.6 Å². The number of hydrogen-bond acceptors (Lipinski definition) is 10. The third kappa shape index (κ3) is 22.8. The largest absolute Gasteiger partial charge is 0.467 e. The van der Waals surface area contributed by atoms with Crippen molar-refractivity contribution >= 4 is 41.5 Å². The van der Waals surface area contributed by atoms with E-state index in [1.807, 2.05) is 0 Å².